The minimum Gasteiger partial charge on any atom is -0.458 e. The van der Waals surface area contributed by atoms with E-state index in [9.17, 15) is 24.0 Å². The first-order chi connectivity index (χ1) is 24.8. The third kappa shape index (κ3) is 11.6. The predicted octanol–water partition coefficient (Wildman–Crippen LogP) is 7.26. The summed E-state index contributed by atoms with van der Waals surface area (Å²) in [4.78, 5) is 70.9. The third-order valence-corrected chi connectivity index (χ3v) is 10.1. The van der Waals surface area contributed by atoms with Crippen LogP contribution in [0.1, 0.15) is 126 Å². The summed E-state index contributed by atoms with van der Waals surface area (Å²) in [6.07, 6.45) is 6.10. The number of rotatable bonds is 13. The van der Waals surface area contributed by atoms with Crippen molar-refractivity contribution < 1.29 is 33.4 Å². The third-order valence-electron chi connectivity index (χ3n) is 9.70. The van der Waals surface area contributed by atoms with Crippen molar-refractivity contribution in [3.05, 3.63) is 35.0 Å². The van der Waals surface area contributed by atoms with Gasteiger partial charge < -0.3 is 30.3 Å². The van der Waals surface area contributed by atoms with Crippen LogP contribution < -0.4 is 16.0 Å². The highest BCUT2D eigenvalue weighted by molar-refractivity contribution is 6.33. The van der Waals surface area contributed by atoms with Crippen molar-refractivity contribution in [2.75, 3.05) is 0 Å². The highest BCUT2D eigenvalue weighted by Gasteiger charge is 2.38. The zero-order valence-electron chi connectivity index (χ0n) is 33.0. The molecule has 0 bridgehead atoms. The Balaban J connectivity index is 1.70. The molecule has 0 unspecified atom stereocenters. The van der Waals surface area contributed by atoms with E-state index in [1.54, 1.807) is 65.8 Å². The molecule has 1 aliphatic heterocycles. The molecule has 1 aromatic heterocycles. The van der Waals surface area contributed by atoms with Crippen molar-refractivity contribution in [3.8, 4) is 0 Å². The minimum atomic E-state index is -1.24. The van der Waals surface area contributed by atoms with E-state index in [0.717, 1.165) is 38.5 Å². The zero-order valence-corrected chi connectivity index (χ0v) is 33.7. The van der Waals surface area contributed by atoms with Crippen LogP contribution in [0.2, 0.25) is 5.15 Å². The molecule has 1 aliphatic carbocycles. The molecule has 2 fully saturated rings. The second-order valence-corrected chi connectivity index (χ2v) is 17.2. The molecule has 1 aromatic carbocycles. The molecule has 2 aliphatic rings. The van der Waals surface area contributed by atoms with Crippen molar-refractivity contribution in [3.63, 3.8) is 0 Å². The van der Waals surface area contributed by atoms with E-state index < -0.39 is 53.2 Å². The fourth-order valence-corrected chi connectivity index (χ4v) is 7.25. The van der Waals surface area contributed by atoms with Gasteiger partial charge in [0.1, 0.15) is 34.5 Å². The van der Waals surface area contributed by atoms with Crippen LogP contribution in [0, 0.1) is 5.92 Å². The molecule has 1 saturated carbocycles. The summed E-state index contributed by atoms with van der Waals surface area (Å²) in [6, 6.07) is 3.72. The predicted molar refractivity (Wildman–Crippen MR) is 206 cm³/mol. The van der Waals surface area contributed by atoms with Crippen LogP contribution in [-0.2, 0) is 30.3 Å². The number of esters is 1. The summed E-state index contributed by atoms with van der Waals surface area (Å²) in [5.74, 6) is -1.43. The molecule has 2 heterocycles. The number of amides is 4. The van der Waals surface area contributed by atoms with E-state index in [-0.39, 0.29) is 35.6 Å². The van der Waals surface area contributed by atoms with Crippen molar-refractivity contribution in [1.29, 1.82) is 0 Å². The number of nitrogens with zero attached hydrogens (tertiary/aromatic N) is 2. The number of urea groups is 1. The molecule has 12 nitrogen and oxygen atoms in total. The molecule has 53 heavy (non-hydrogen) atoms. The van der Waals surface area contributed by atoms with Gasteiger partial charge in [-0.05, 0) is 99.5 Å². The van der Waals surface area contributed by atoms with Gasteiger partial charge in [0.25, 0.3) is 0 Å². The van der Waals surface area contributed by atoms with Crippen LogP contribution in [0.3, 0.4) is 0 Å². The Morgan fingerprint density at radius 1 is 0.830 bits per heavy atom. The molecular weight excluding hydrogens is 698 g/mol. The quantitative estimate of drug-likeness (QED) is 0.182. The molecule has 4 rings (SSSR count). The largest absolute Gasteiger partial charge is 0.458 e. The molecular formula is C40H60ClN5O7. The van der Waals surface area contributed by atoms with Gasteiger partial charge in [-0.1, -0.05) is 62.4 Å². The average Bonchev–Trinajstić information content (AvgIpc) is 3.82. The van der Waals surface area contributed by atoms with Crippen molar-refractivity contribution in [1.82, 2.24) is 25.4 Å². The highest BCUT2D eigenvalue weighted by atomic mass is 35.5. The van der Waals surface area contributed by atoms with Gasteiger partial charge in [-0.25, -0.2) is 19.0 Å². The number of fused-ring (bicyclic) bond motifs is 1. The standard InChI is InChI=1S/C40H60ClN5O7/c1-10-11-18-29(36(49)52-39(4,5)6)42-35(48)31(23-28-27-17-12-13-19-32(27)46(33(28)41)38(51)53-40(7,8)9)43-34(47)30(22-26-20-21-26)44-37(50)45-24(2)15-14-16-25(45)3/h12-13,17,19,24-26,29-31H,10-11,14-16,18,20-23H2,1-9H3,(H,42,48)(H,43,47)(H,44,50)/t24-,25+,29-,30+,31-/m1/s1. The number of para-hydroxylation sites is 1. The maximum absolute atomic E-state index is 14.3. The van der Waals surface area contributed by atoms with Crippen LogP contribution in [-0.4, -0.2) is 80.8 Å². The molecule has 13 heteroatoms. The fraction of sp³-hybridized carbons (Fsp3) is 0.675. The highest BCUT2D eigenvalue weighted by Crippen LogP contribution is 2.35. The van der Waals surface area contributed by atoms with Gasteiger partial charge in [-0.15, -0.1) is 0 Å². The summed E-state index contributed by atoms with van der Waals surface area (Å²) >= 11 is 6.96. The maximum atomic E-state index is 14.3. The number of benzene rings is 1. The lowest BCUT2D eigenvalue weighted by Gasteiger charge is -2.39. The Bertz CT molecular complexity index is 1630. The molecule has 1 saturated heterocycles. The molecule has 0 radical (unpaired) electrons. The topological polar surface area (TPSA) is 148 Å². The Hall–Kier alpha value is -3.80. The number of aromatic nitrogens is 1. The monoisotopic (exact) mass is 757 g/mol. The lowest BCUT2D eigenvalue weighted by atomic mass is 9.98. The van der Waals surface area contributed by atoms with Crippen LogP contribution >= 0.6 is 11.6 Å². The molecule has 5 atom stereocenters. The SMILES string of the molecule is CCCC[C@@H](NC(=O)[C@@H](Cc1c(Cl)n(C(=O)OC(C)(C)C)c2ccccc12)NC(=O)[C@H](CC1CC1)NC(=O)N1[C@H](C)CCC[C@@H]1C)C(=O)OC(C)(C)C. The van der Waals surface area contributed by atoms with Crippen molar-refractivity contribution in [2.24, 2.45) is 5.92 Å². The van der Waals surface area contributed by atoms with Gasteiger partial charge in [0.15, 0.2) is 0 Å². The molecule has 4 amide bonds. The van der Waals surface area contributed by atoms with Gasteiger partial charge in [-0.2, -0.15) is 0 Å². The number of carbonyl (C=O) groups excluding carboxylic acids is 5. The van der Waals surface area contributed by atoms with Gasteiger partial charge in [0.05, 0.1) is 5.52 Å². The average molecular weight is 758 g/mol. The van der Waals surface area contributed by atoms with Crippen LogP contribution in [0.15, 0.2) is 24.3 Å². The van der Waals surface area contributed by atoms with Gasteiger partial charge >= 0.3 is 18.1 Å². The number of unbranched alkanes of at least 4 members (excludes halogenated alkanes) is 1. The second kappa shape index (κ2) is 17.6. The van der Waals surface area contributed by atoms with E-state index in [1.807, 2.05) is 25.7 Å². The number of likely N-dealkylation sites (tertiary alicyclic amines) is 1. The summed E-state index contributed by atoms with van der Waals surface area (Å²) < 4.78 is 12.6. The van der Waals surface area contributed by atoms with Gasteiger partial charge in [-0.3, -0.25) is 9.59 Å². The van der Waals surface area contributed by atoms with E-state index in [2.05, 4.69) is 16.0 Å². The Kier molecular flexibility index (Phi) is 13.9. The first-order valence-electron chi connectivity index (χ1n) is 19.2. The van der Waals surface area contributed by atoms with Crippen LogP contribution in [0.25, 0.3) is 10.9 Å². The summed E-state index contributed by atoms with van der Waals surface area (Å²) in [6.45, 7) is 16.6. The fourth-order valence-electron chi connectivity index (χ4n) is 6.91. The van der Waals surface area contributed by atoms with Gasteiger partial charge in [0, 0.05) is 29.5 Å². The lowest BCUT2D eigenvalue weighted by Crippen LogP contribution is -2.59. The van der Waals surface area contributed by atoms with E-state index >= 15 is 0 Å². The van der Waals surface area contributed by atoms with Crippen molar-refractivity contribution in [2.45, 2.75) is 168 Å². The van der Waals surface area contributed by atoms with E-state index in [0.29, 0.717) is 35.7 Å². The molecule has 0 spiro atoms. The summed E-state index contributed by atoms with van der Waals surface area (Å²) in [7, 11) is 0. The number of hydrogen-bond donors (Lipinski definition) is 3. The first kappa shape index (κ1) is 41.9. The minimum absolute atomic E-state index is 0.0271. The Morgan fingerprint density at radius 2 is 1.42 bits per heavy atom. The first-order valence-corrected chi connectivity index (χ1v) is 19.6. The summed E-state index contributed by atoms with van der Waals surface area (Å²) in [5, 5.41) is 9.42. The normalized spacial score (nSPS) is 19.5. The molecule has 2 aromatic rings. The number of carbonyl (C=O) groups is 5. The second-order valence-electron chi connectivity index (χ2n) is 16.8. The Morgan fingerprint density at radius 3 is 2.00 bits per heavy atom. The maximum Gasteiger partial charge on any atom is 0.420 e. The number of nitrogens with one attached hydrogen (secondary N) is 3. The smallest absolute Gasteiger partial charge is 0.420 e. The van der Waals surface area contributed by atoms with Crippen LogP contribution in [0.4, 0.5) is 9.59 Å². The van der Waals surface area contributed by atoms with E-state index in [1.165, 1.54) is 4.57 Å². The molecule has 294 valence electrons. The Labute approximate surface area is 319 Å². The summed E-state index contributed by atoms with van der Waals surface area (Å²) in [5.41, 5.74) is -0.670. The van der Waals surface area contributed by atoms with Crippen molar-refractivity contribution >= 4 is 52.4 Å². The van der Waals surface area contributed by atoms with Gasteiger partial charge in [0.2, 0.25) is 11.8 Å². The molecule has 3 N–H and O–H groups in total. The lowest BCUT2D eigenvalue weighted by molar-refractivity contribution is -0.159. The number of piperidine rings is 1. The zero-order chi connectivity index (χ0) is 39.2. The number of hydrogen-bond acceptors (Lipinski definition) is 7. The number of halogens is 1. The van der Waals surface area contributed by atoms with E-state index in [4.69, 9.17) is 21.1 Å². The van der Waals surface area contributed by atoms with Crippen LogP contribution in [0.5, 0.6) is 0 Å². The number of ether oxygens (including phenoxy) is 2.